The van der Waals surface area contributed by atoms with Gasteiger partial charge < -0.3 is 5.73 Å². The number of aromatic amines is 1. The molecule has 2 aromatic carbocycles. The summed E-state index contributed by atoms with van der Waals surface area (Å²) in [5.41, 5.74) is 8.25. The van der Waals surface area contributed by atoms with Crippen molar-refractivity contribution in [2.24, 2.45) is 5.14 Å². The third kappa shape index (κ3) is 3.87. The molecule has 186 valence electrons. The van der Waals surface area contributed by atoms with Gasteiger partial charge in [-0.1, -0.05) is 35.6 Å². The smallest absolute Gasteiger partial charge is 0.242 e. The molecule has 3 aliphatic heterocycles. The van der Waals surface area contributed by atoms with E-state index >= 15 is 0 Å². The van der Waals surface area contributed by atoms with Crippen molar-refractivity contribution in [1.82, 2.24) is 35.2 Å². The van der Waals surface area contributed by atoms with E-state index in [1.807, 2.05) is 12.1 Å². The molecule has 0 aliphatic carbocycles. The first-order valence-electron chi connectivity index (χ1n) is 10.6. The summed E-state index contributed by atoms with van der Waals surface area (Å²) in [5, 5.41) is 19.7. The normalized spacial score (nSPS) is 19.8. The Balaban J connectivity index is 1.60. The largest absolute Gasteiger partial charge is 0.375 e. The highest BCUT2D eigenvalue weighted by Crippen LogP contribution is 2.42. The Bertz CT molecular complexity index is 1760. The Morgan fingerprint density at radius 1 is 1.11 bits per heavy atom. The van der Waals surface area contributed by atoms with Crippen molar-refractivity contribution in [1.29, 1.82) is 0 Å². The fourth-order valence-corrected chi connectivity index (χ4v) is 8.20. The summed E-state index contributed by atoms with van der Waals surface area (Å²) in [6.45, 7) is 2.10. The summed E-state index contributed by atoms with van der Waals surface area (Å²) in [6.07, 6.45) is 1.86. The van der Waals surface area contributed by atoms with Crippen molar-refractivity contribution in [2.45, 2.75) is 15.8 Å². The maximum atomic E-state index is 13.5. The third-order valence-corrected chi connectivity index (χ3v) is 9.55. The summed E-state index contributed by atoms with van der Waals surface area (Å²) in [5.74, 6) is -0.140. The zero-order chi connectivity index (χ0) is 25.2. The summed E-state index contributed by atoms with van der Waals surface area (Å²) >= 11 is 1.26. The molecule has 0 spiro atoms. The number of primary sulfonamides is 1. The molecule has 7 rings (SSSR count). The van der Waals surface area contributed by atoms with Crippen molar-refractivity contribution in [3.8, 4) is 22.5 Å². The van der Waals surface area contributed by atoms with Gasteiger partial charge in [-0.3, -0.25) is 4.90 Å². The van der Waals surface area contributed by atoms with Crippen LogP contribution in [0.3, 0.4) is 0 Å². The van der Waals surface area contributed by atoms with Crippen molar-refractivity contribution in [2.75, 3.05) is 25.4 Å². The maximum Gasteiger partial charge on any atom is 0.242 e. The molecule has 0 amide bonds. The van der Waals surface area contributed by atoms with Crippen LogP contribution in [0.4, 0.5) is 5.13 Å². The van der Waals surface area contributed by atoms with E-state index in [-0.39, 0.29) is 11.4 Å². The predicted molar refractivity (Wildman–Crippen MR) is 133 cm³/mol. The van der Waals surface area contributed by atoms with Crippen LogP contribution in [-0.2, 0) is 20.0 Å². The number of nitrogens with zero attached hydrogens (tertiary/aromatic N) is 5. The Morgan fingerprint density at radius 3 is 2.58 bits per heavy atom. The van der Waals surface area contributed by atoms with Gasteiger partial charge in [0.05, 0.1) is 21.8 Å². The van der Waals surface area contributed by atoms with E-state index in [9.17, 15) is 16.8 Å². The molecular formula is C20H19N9O4S3. The lowest BCUT2D eigenvalue weighted by Gasteiger charge is -2.41. The number of thiazole rings is 1. The van der Waals surface area contributed by atoms with E-state index in [4.69, 9.17) is 10.9 Å². The Kier molecular flexibility index (Phi) is 5.22. The standard InChI is InChI=1S/C20H19N9O4S3/c21-20-23-17-13(2-1-3-14(17)34-20)12-4-5-15(18(35(22,30)31)16(12)19-24-27-28-25-19)36(32,33)26-11-6-10-7-29(8-10)9-11/h1-6,11,26H,7-9H2,(H2,21,23)(H2,22,30,31)(H,24,25,27,28). The fraction of sp³-hybridized carbons (Fsp3) is 0.200. The molecule has 1 unspecified atom stereocenters. The molecule has 3 aliphatic rings. The van der Waals surface area contributed by atoms with Crippen LogP contribution in [0, 0.1) is 0 Å². The molecule has 4 aromatic rings. The van der Waals surface area contributed by atoms with Gasteiger partial charge in [0.2, 0.25) is 25.9 Å². The molecule has 1 atom stereocenters. The van der Waals surface area contributed by atoms with Gasteiger partial charge in [0.25, 0.3) is 0 Å². The highest BCUT2D eigenvalue weighted by atomic mass is 32.2. The lowest BCUT2D eigenvalue weighted by molar-refractivity contribution is 0.217. The number of hydrogen-bond acceptors (Lipinski definition) is 11. The van der Waals surface area contributed by atoms with Crippen molar-refractivity contribution < 1.29 is 16.8 Å². The zero-order valence-electron chi connectivity index (χ0n) is 18.4. The Labute approximate surface area is 209 Å². The number of nitrogen functional groups attached to an aromatic ring is 1. The van der Waals surface area contributed by atoms with Crippen molar-refractivity contribution in [3.05, 3.63) is 42.0 Å². The number of aromatic nitrogens is 5. The number of nitrogens with two attached hydrogens (primary N) is 2. The van der Waals surface area contributed by atoms with Gasteiger partial charge in [-0.2, -0.15) is 5.21 Å². The highest BCUT2D eigenvalue weighted by Gasteiger charge is 2.36. The summed E-state index contributed by atoms with van der Waals surface area (Å²) in [6, 6.07) is 7.50. The van der Waals surface area contributed by atoms with Gasteiger partial charge >= 0.3 is 0 Å². The minimum absolute atomic E-state index is 0.109. The van der Waals surface area contributed by atoms with Crippen molar-refractivity contribution >= 4 is 46.7 Å². The topological polar surface area (TPSA) is 203 Å². The molecule has 1 fully saturated rings. The number of rotatable bonds is 6. The third-order valence-electron chi connectivity index (χ3n) is 6.04. The number of para-hydroxylation sites is 1. The number of anilines is 1. The van der Waals surface area contributed by atoms with E-state index in [0.717, 1.165) is 23.4 Å². The van der Waals surface area contributed by atoms with E-state index < -0.39 is 35.9 Å². The molecule has 2 bridgehead atoms. The summed E-state index contributed by atoms with van der Waals surface area (Å²) < 4.78 is 56.3. The van der Waals surface area contributed by atoms with Gasteiger partial charge in [0, 0.05) is 25.2 Å². The number of benzene rings is 2. The minimum Gasteiger partial charge on any atom is -0.375 e. The average Bonchev–Trinajstić information content (AvgIpc) is 3.45. The number of fused-ring (bicyclic) bond motifs is 3. The number of H-pyrrole nitrogens is 1. The van der Waals surface area contributed by atoms with Gasteiger partial charge in [-0.15, -0.1) is 10.2 Å². The summed E-state index contributed by atoms with van der Waals surface area (Å²) in [7, 11) is -8.93. The number of nitrogens with one attached hydrogen (secondary N) is 2. The Hall–Kier alpha value is -3.28. The number of hydrogen-bond donors (Lipinski definition) is 4. The first kappa shape index (κ1) is 23.1. The number of tetrazole rings is 1. The van der Waals surface area contributed by atoms with Crippen LogP contribution in [0.5, 0.6) is 0 Å². The second kappa shape index (κ2) is 8.12. The fourth-order valence-electron chi connectivity index (χ4n) is 4.67. The van der Waals surface area contributed by atoms with Crippen LogP contribution < -0.4 is 15.6 Å². The lowest BCUT2D eigenvalue weighted by Crippen LogP contribution is -2.54. The first-order chi connectivity index (χ1) is 17.1. The van der Waals surface area contributed by atoms with E-state index in [1.54, 1.807) is 12.1 Å². The molecule has 5 heterocycles. The van der Waals surface area contributed by atoms with Crippen LogP contribution in [0.1, 0.15) is 0 Å². The lowest BCUT2D eigenvalue weighted by atomic mass is 9.98. The van der Waals surface area contributed by atoms with Gasteiger partial charge in [0.1, 0.15) is 9.79 Å². The van der Waals surface area contributed by atoms with E-state index in [1.165, 1.54) is 23.5 Å². The quantitative estimate of drug-likeness (QED) is 0.244. The SMILES string of the molecule is Nc1nc2c(-c3ccc(S(=O)(=O)NC4C=C5CN(C5)C4)c(S(N)(=O)=O)c3-c3nn[nH]n3)cccc2s1. The molecule has 13 nitrogen and oxygen atoms in total. The van der Waals surface area contributed by atoms with Crippen LogP contribution in [-0.4, -0.2) is 73.0 Å². The molecule has 16 heteroatoms. The van der Waals surface area contributed by atoms with Crippen LogP contribution >= 0.6 is 11.3 Å². The molecular weight excluding hydrogens is 526 g/mol. The van der Waals surface area contributed by atoms with Crippen LogP contribution in [0.25, 0.3) is 32.7 Å². The van der Waals surface area contributed by atoms with Gasteiger partial charge in [-0.05, 0) is 28.5 Å². The first-order valence-corrected chi connectivity index (χ1v) is 14.5. The molecule has 1 saturated heterocycles. The minimum atomic E-state index is -4.60. The van der Waals surface area contributed by atoms with Crippen LogP contribution in [0.15, 0.2) is 51.8 Å². The van der Waals surface area contributed by atoms with Gasteiger partial charge in [-0.25, -0.2) is 31.7 Å². The second-order valence-electron chi connectivity index (χ2n) is 8.52. The molecule has 2 aromatic heterocycles. The monoisotopic (exact) mass is 545 g/mol. The second-order valence-corrected chi connectivity index (χ2v) is 12.8. The predicted octanol–water partition coefficient (Wildman–Crippen LogP) is 0.276. The van der Waals surface area contributed by atoms with Crippen molar-refractivity contribution in [3.63, 3.8) is 0 Å². The molecule has 0 saturated carbocycles. The van der Waals surface area contributed by atoms with E-state index in [2.05, 4.69) is 35.2 Å². The summed E-state index contributed by atoms with van der Waals surface area (Å²) in [4.78, 5) is 5.31. The zero-order valence-corrected chi connectivity index (χ0v) is 20.9. The molecule has 36 heavy (non-hydrogen) atoms. The number of sulfonamides is 2. The maximum absolute atomic E-state index is 13.5. The van der Waals surface area contributed by atoms with Gasteiger partial charge in [0.15, 0.2) is 5.13 Å². The molecule has 6 N–H and O–H groups in total. The Morgan fingerprint density at radius 2 is 1.92 bits per heavy atom. The van der Waals surface area contributed by atoms with E-state index in [0.29, 0.717) is 28.3 Å². The average molecular weight is 546 g/mol. The highest BCUT2D eigenvalue weighted by molar-refractivity contribution is 7.92. The molecule has 0 radical (unpaired) electrons. The van der Waals surface area contributed by atoms with Crippen LogP contribution in [0.2, 0.25) is 0 Å².